The number of furan rings is 1. The number of rotatable bonds is 1. The second-order valence-corrected chi connectivity index (χ2v) is 4.38. The lowest BCUT2D eigenvalue weighted by Crippen LogP contribution is -2.20. The first-order valence-corrected chi connectivity index (χ1v) is 5.44. The molecule has 2 aliphatic carbocycles. The molecule has 1 aromatic heterocycles. The molecule has 0 saturated heterocycles. The van der Waals surface area contributed by atoms with Crippen molar-refractivity contribution in [3.05, 3.63) is 46.5 Å². The quantitative estimate of drug-likeness (QED) is 0.796. The molecule has 1 N–H and O–H groups in total. The Morgan fingerprint density at radius 1 is 1.24 bits per heavy atom. The van der Waals surface area contributed by atoms with E-state index < -0.39 is 5.97 Å². The molecule has 0 spiro atoms. The van der Waals surface area contributed by atoms with Crippen molar-refractivity contribution in [2.75, 3.05) is 0 Å². The number of aromatic carboxylic acids is 1. The van der Waals surface area contributed by atoms with Crippen LogP contribution in [-0.4, -0.2) is 11.1 Å². The lowest BCUT2D eigenvalue weighted by molar-refractivity contribution is 0.0697. The van der Waals surface area contributed by atoms with Crippen LogP contribution >= 0.6 is 0 Å². The third kappa shape index (κ3) is 0.984. The van der Waals surface area contributed by atoms with Crippen LogP contribution in [0.5, 0.6) is 0 Å². The van der Waals surface area contributed by atoms with E-state index >= 15 is 0 Å². The normalized spacial score (nSPS) is 16.0. The topological polar surface area (TPSA) is 50.4 Å². The summed E-state index contributed by atoms with van der Waals surface area (Å²) in [5, 5.41) is 11.0. The van der Waals surface area contributed by atoms with Gasteiger partial charge in [0, 0.05) is 17.0 Å². The van der Waals surface area contributed by atoms with Crippen LogP contribution in [0, 0.1) is 0 Å². The number of fused-ring (bicyclic) bond motifs is 5. The van der Waals surface area contributed by atoms with Crippen molar-refractivity contribution in [2.45, 2.75) is 6.42 Å². The van der Waals surface area contributed by atoms with Crippen LogP contribution < -0.4 is 10.6 Å². The lowest BCUT2D eigenvalue weighted by atomic mass is 10.1. The highest BCUT2D eigenvalue weighted by Gasteiger charge is 2.21. The number of hydrogen-bond donors (Lipinski definition) is 1. The van der Waals surface area contributed by atoms with Gasteiger partial charge in [-0.05, 0) is 29.3 Å². The van der Waals surface area contributed by atoms with E-state index in [2.05, 4.69) is 12.2 Å². The van der Waals surface area contributed by atoms with Crippen molar-refractivity contribution in [1.29, 1.82) is 0 Å². The molecule has 0 unspecified atom stereocenters. The van der Waals surface area contributed by atoms with Crippen molar-refractivity contribution in [2.24, 2.45) is 0 Å². The van der Waals surface area contributed by atoms with Crippen molar-refractivity contribution >= 4 is 28.1 Å². The number of hydrogen-bond acceptors (Lipinski definition) is 2. The minimum absolute atomic E-state index is 0.304. The Morgan fingerprint density at radius 3 is 2.88 bits per heavy atom. The molecule has 4 rings (SSSR count). The average molecular weight is 224 g/mol. The van der Waals surface area contributed by atoms with Crippen LogP contribution in [-0.2, 0) is 0 Å². The third-order valence-electron chi connectivity index (χ3n) is 3.41. The van der Waals surface area contributed by atoms with E-state index in [-0.39, 0.29) is 0 Å². The molecule has 2 aromatic rings. The van der Waals surface area contributed by atoms with Gasteiger partial charge in [0.05, 0.1) is 5.56 Å². The smallest absolute Gasteiger partial charge is 0.335 e. The fourth-order valence-electron chi connectivity index (χ4n) is 2.63. The largest absolute Gasteiger partial charge is 0.478 e. The minimum Gasteiger partial charge on any atom is -0.478 e. The fraction of sp³-hybridized carbons (Fsp3) is 0.0714. The minimum atomic E-state index is -0.904. The number of allylic oxidation sites excluding steroid dienone is 2. The summed E-state index contributed by atoms with van der Waals surface area (Å²) in [6.07, 6.45) is 5.07. The second kappa shape index (κ2) is 2.69. The number of carboxylic acid groups (broad SMARTS) is 1. The summed E-state index contributed by atoms with van der Waals surface area (Å²) in [5.74, 6) is -0.904. The van der Waals surface area contributed by atoms with Crippen LogP contribution in [0.15, 0.2) is 34.8 Å². The Hall–Kier alpha value is -2.29. The number of benzene rings is 1. The van der Waals surface area contributed by atoms with E-state index in [1.165, 1.54) is 11.1 Å². The molecule has 2 bridgehead atoms. The monoisotopic (exact) mass is 224 g/mol. The molecule has 82 valence electrons. The van der Waals surface area contributed by atoms with Gasteiger partial charge in [-0.2, -0.15) is 0 Å². The highest BCUT2D eigenvalue weighted by Crippen LogP contribution is 2.27. The van der Waals surface area contributed by atoms with Crippen molar-refractivity contribution < 1.29 is 14.3 Å². The molecular formula is C14H8O3. The molecule has 3 nitrogen and oxygen atoms in total. The average Bonchev–Trinajstić information content (AvgIpc) is 2.99. The van der Waals surface area contributed by atoms with Gasteiger partial charge in [-0.15, -0.1) is 0 Å². The van der Waals surface area contributed by atoms with Crippen molar-refractivity contribution in [3.8, 4) is 0 Å². The molecule has 0 radical (unpaired) electrons. The first kappa shape index (κ1) is 8.82. The number of carbonyl (C=O) groups is 1. The van der Waals surface area contributed by atoms with Crippen LogP contribution in [0.25, 0.3) is 22.1 Å². The standard InChI is InChI=1S/C14H8O3/c15-14(16)9-3-4-11-10(6-9)12-7-1-2-8(5-7)13(12)17-11/h1-4,6H,5H2,(H,15,16). The van der Waals surface area contributed by atoms with Gasteiger partial charge < -0.3 is 9.52 Å². The maximum absolute atomic E-state index is 11.0. The second-order valence-electron chi connectivity index (χ2n) is 4.38. The molecule has 0 fully saturated rings. The highest BCUT2D eigenvalue weighted by atomic mass is 16.4. The Balaban J connectivity index is 2.22. The Kier molecular flexibility index (Phi) is 1.39. The summed E-state index contributed by atoms with van der Waals surface area (Å²) in [4.78, 5) is 11.0. The summed E-state index contributed by atoms with van der Waals surface area (Å²) in [6.45, 7) is 0. The summed E-state index contributed by atoms with van der Waals surface area (Å²) in [5.41, 5.74) is 4.41. The highest BCUT2D eigenvalue weighted by molar-refractivity contribution is 5.96. The van der Waals surface area contributed by atoms with Crippen LogP contribution in [0.1, 0.15) is 16.8 Å². The zero-order chi connectivity index (χ0) is 11.6. The van der Waals surface area contributed by atoms with E-state index in [0.29, 0.717) is 5.56 Å². The predicted molar refractivity (Wildman–Crippen MR) is 63.0 cm³/mol. The molecule has 0 saturated carbocycles. The van der Waals surface area contributed by atoms with E-state index in [0.717, 1.165) is 28.0 Å². The molecule has 1 aromatic carbocycles. The van der Waals surface area contributed by atoms with Crippen molar-refractivity contribution in [1.82, 2.24) is 0 Å². The van der Waals surface area contributed by atoms with E-state index in [9.17, 15) is 4.79 Å². The van der Waals surface area contributed by atoms with Gasteiger partial charge in [0.25, 0.3) is 0 Å². The zero-order valence-electron chi connectivity index (χ0n) is 8.86. The molecule has 2 aliphatic rings. The first-order chi connectivity index (χ1) is 8.24. The summed E-state index contributed by atoms with van der Waals surface area (Å²) < 4.78 is 5.78. The maximum Gasteiger partial charge on any atom is 0.335 e. The number of carboxylic acids is 1. The molecular weight excluding hydrogens is 216 g/mol. The zero-order valence-corrected chi connectivity index (χ0v) is 8.86. The Bertz CT molecular complexity index is 834. The molecule has 0 amide bonds. The summed E-state index contributed by atoms with van der Waals surface area (Å²) >= 11 is 0. The summed E-state index contributed by atoms with van der Waals surface area (Å²) in [7, 11) is 0. The van der Waals surface area contributed by atoms with Crippen LogP contribution in [0.2, 0.25) is 0 Å². The van der Waals surface area contributed by atoms with E-state index in [1.807, 2.05) is 0 Å². The fourth-order valence-corrected chi connectivity index (χ4v) is 2.63. The summed E-state index contributed by atoms with van der Waals surface area (Å²) in [6, 6.07) is 5.01. The van der Waals surface area contributed by atoms with Crippen molar-refractivity contribution in [3.63, 3.8) is 0 Å². The Labute approximate surface area is 96.0 Å². The van der Waals surface area contributed by atoms with Crippen LogP contribution in [0.3, 0.4) is 0 Å². The van der Waals surface area contributed by atoms with Gasteiger partial charge in [0.2, 0.25) is 0 Å². The van der Waals surface area contributed by atoms with E-state index in [4.69, 9.17) is 9.52 Å². The van der Waals surface area contributed by atoms with E-state index in [1.54, 1.807) is 18.2 Å². The molecule has 0 aliphatic heterocycles. The predicted octanol–water partition coefficient (Wildman–Crippen LogP) is 1.41. The van der Waals surface area contributed by atoms with Gasteiger partial charge in [0.1, 0.15) is 11.0 Å². The third-order valence-corrected chi connectivity index (χ3v) is 3.41. The molecule has 1 heterocycles. The van der Waals surface area contributed by atoms with Gasteiger partial charge in [0.15, 0.2) is 0 Å². The Morgan fingerprint density at radius 2 is 2.06 bits per heavy atom. The SMILES string of the molecule is O=C(O)c1ccc2oc3c(c2c1)=C1C=CC=3C1. The molecule has 0 atom stereocenters. The van der Waals surface area contributed by atoms with Gasteiger partial charge in [-0.1, -0.05) is 12.2 Å². The van der Waals surface area contributed by atoms with Gasteiger partial charge >= 0.3 is 5.97 Å². The maximum atomic E-state index is 11.0. The van der Waals surface area contributed by atoms with Gasteiger partial charge in [-0.3, -0.25) is 0 Å². The lowest BCUT2D eigenvalue weighted by Gasteiger charge is -1.94. The molecule has 3 heteroatoms. The van der Waals surface area contributed by atoms with Gasteiger partial charge in [-0.25, -0.2) is 4.79 Å². The molecule has 17 heavy (non-hydrogen) atoms. The van der Waals surface area contributed by atoms with Crippen LogP contribution in [0.4, 0.5) is 0 Å². The first-order valence-electron chi connectivity index (χ1n) is 5.44.